The first kappa shape index (κ1) is 55.1. The van der Waals surface area contributed by atoms with Crippen molar-refractivity contribution in [1.29, 1.82) is 0 Å². The molecule has 2 amide bonds. The van der Waals surface area contributed by atoms with Gasteiger partial charge in [-0.25, -0.2) is 0 Å². The van der Waals surface area contributed by atoms with Gasteiger partial charge in [0, 0.05) is 25.3 Å². The number of carbonyl (C=O) groups excluding carboxylic acids is 3. The Bertz CT molecular complexity index is 1680. The highest BCUT2D eigenvalue weighted by atomic mass is 16.5. The number of primary amides is 1. The van der Waals surface area contributed by atoms with Crippen LogP contribution in [-0.2, 0) is 23.9 Å². The summed E-state index contributed by atoms with van der Waals surface area (Å²) >= 11 is 0. The minimum absolute atomic E-state index is 0.00820. The van der Waals surface area contributed by atoms with Gasteiger partial charge in [0.05, 0.1) is 24.4 Å². The molecule has 0 aromatic carbocycles. The van der Waals surface area contributed by atoms with Gasteiger partial charge in [0.1, 0.15) is 0 Å². The maximum Gasteiger partial charge on any atom is 0.305 e. The Balaban J connectivity index is 0.00000146. The fraction of sp³-hybridized carbons (Fsp3) is 0.930. The van der Waals surface area contributed by atoms with Crippen molar-refractivity contribution in [2.24, 2.45) is 93.0 Å². The lowest BCUT2D eigenvalue weighted by molar-refractivity contribution is -0.193. The molecular weight excluding hydrogens is 855 g/mol. The number of aliphatic hydroxyl groups excluding tert-OH is 2. The van der Waals surface area contributed by atoms with Crippen molar-refractivity contribution in [2.75, 3.05) is 13.7 Å². The fourth-order valence-electron chi connectivity index (χ4n) is 19.1. The largest absolute Gasteiger partial charge is 0.483 e. The predicted octanol–water partition coefficient (Wildman–Crippen LogP) is 10.2. The Morgan fingerprint density at radius 2 is 1.38 bits per heavy atom. The van der Waals surface area contributed by atoms with Gasteiger partial charge in [-0.1, -0.05) is 74.1 Å². The number of likely N-dealkylation sites (N-methyl/N-ethyl adjacent to an activating group) is 1. The molecule has 0 radical (unpaired) electrons. The molecule has 0 bridgehead atoms. The van der Waals surface area contributed by atoms with E-state index in [2.05, 4.69) is 52.3 Å². The number of unbranched alkanes of at least 4 members (excludes halogenated alkanes) is 1. The number of hydrogen-bond donors (Lipinski definition) is 6. The predicted molar refractivity (Wildman–Crippen MR) is 269 cm³/mol. The summed E-state index contributed by atoms with van der Waals surface area (Å²) in [4.78, 5) is 45.4. The SMILES string of the molecule is CC.CNC12C(O)CC3C[C@H](NC(=O)CCCC(N)=O)CC[C@@]3(C)C1CCC1(C)C(C(C)CCCCOC(=O)CCC(C)C3CCC4C5C(O)CC6CCCCC6C5CCC34C)CCC12.O=CO. The summed E-state index contributed by atoms with van der Waals surface area (Å²) < 4.78 is 5.89. The van der Waals surface area contributed by atoms with Crippen LogP contribution in [0.3, 0.4) is 0 Å². The second-order valence-corrected chi connectivity index (χ2v) is 24.7. The Hall–Kier alpha value is -2.24. The maximum absolute atomic E-state index is 13.1. The monoisotopic (exact) mass is 954 g/mol. The highest BCUT2D eigenvalue weighted by Gasteiger charge is 2.70. The van der Waals surface area contributed by atoms with E-state index in [1.54, 1.807) is 0 Å². The molecule has 0 aromatic heterocycles. The number of nitrogens with one attached hydrogen (secondary N) is 2. The van der Waals surface area contributed by atoms with Crippen molar-refractivity contribution in [3.8, 4) is 0 Å². The van der Waals surface area contributed by atoms with Gasteiger partial charge in [-0.05, 0) is 210 Å². The summed E-state index contributed by atoms with van der Waals surface area (Å²) in [5, 5.41) is 37.9. The molecule has 19 atom stereocenters. The van der Waals surface area contributed by atoms with E-state index < -0.39 is 6.10 Å². The van der Waals surface area contributed by atoms with E-state index in [0.717, 1.165) is 88.4 Å². The van der Waals surface area contributed by atoms with Crippen LogP contribution >= 0.6 is 0 Å². The highest BCUT2D eigenvalue weighted by molar-refractivity contribution is 5.78. The van der Waals surface area contributed by atoms with Gasteiger partial charge < -0.3 is 36.4 Å². The van der Waals surface area contributed by atoms with Gasteiger partial charge in [-0.15, -0.1) is 0 Å². The van der Waals surface area contributed by atoms with Crippen molar-refractivity contribution >= 4 is 24.3 Å². The summed E-state index contributed by atoms with van der Waals surface area (Å²) in [5.41, 5.74) is 5.57. The maximum atomic E-state index is 13.1. The van der Waals surface area contributed by atoms with Crippen LogP contribution in [0.2, 0.25) is 0 Å². The Morgan fingerprint density at radius 3 is 2.10 bits per heavy atom. The lowest BCUT2D eigenvalue weighted by Gasteiger charge is -2.68. The van der Waals surface area contributed by atoms with Gasteiger partial charge in [-0.2, -0.15) is 0 Å². The number of nitrogens with two attached hydrogens (primary N) is 1. The summed E-state index contributed by atoms with van der Waals surface area (Å²) in [6.45, 7) is 16.7. The number of aliphatic hydroxyl groups is 2. The summed E-state index contributed by atoms with van der Waals surface area (Å²) in [6.07, 6.45) is 25.2. The van der Waals surface area contributed by atoms with Crippen molar-refractivity contribution in [2.45, 2.75) is 233 Å². The van der Waals surface area contributed by atoms with E-state index in [9.17, 15) is 24.6 Å². The summed E-state index contributed by atoms with van der Waals surface area (Å²) in [7, 11) is 2.12. The third kappa shape index (κ3) is 10.8. The Labute approximate surface area is 412 Å². The molecule has 11 heteroatoms. The lowest BCUT2D eigenvalue weighted by Crippen LogP contribution is -2.74. The fourth-order valence-corrected chi connectivity index (χ4v) is 19.1. The molecule has 8 saturated carbocycles. The van der Waals surface area contributed by atoms with Gasteiger partial charge in [-0.3, -0.25) is 19.2 Å². The zero-order chi connectivity index (χ0) is 49.6. The van der Waals surface area contributed by atoms with E-state index in [4.69, 9.17) is 20.4 Å². The number of esters is 1. The van der Waals surface area contributed by atoms with Gasteiger partial charge in [0.2, 0.25) is 11.8 Å². The second-order valence-electron chi connectivity index (χ2n) is 24.7. The molecule has 0 heterocycles. The van der Waals surface area contributed by atoms with Crippen molar-refractivity contribution in [3.63, 3.8) is 0 Å². The first-order valence-corrected chi connectivity index (χ1v) is 28.3. The lowest BCUT2D eigenvalue weighted by atomic mass is 9.40. The number of ether oxygens (including phenoxy) is 1. The smallest absolute Gasteiger partial charge is 0.305 e. The second kappa shape index (κ2) is 23.5. The molecule has 68 heavy (non-hydrogen) atoms. The molecule has 17 unspecified atom stereocenters. The normalized spacial score (nSPS) is 43.1. The van der Waals surface area contributed by atoms with Crippen molar-refractivity contribution < 1.29 is 39.2 Å². The quantitative estimate of drug-likeness (QED) is 0.0497. The van der Waals surface area contributed by atoms with E-state index in [1.807, 2.05) is 13.8 Å². The number of fused-ring (bicyclic) bond motifs is 10. The average Bonchev–Trinajstić information content (AvgIpc) is 3.86. The van der Waals surface area contributed by atoms with Crippen LogP contribution in [0, 0.1) is 87.3 Å². The number of hydrogen-bond acceptors (Lipinski definition) is 8. The molecule has 8 rings (SSSR count). The third-order valence-electron chi connectivity index (χ3n) is 22.0. The van der Waals surface area contributed by atoms with E-state index >= 15 is 0 Å². The minimum atomic E-state index is -0.417. The number of rotatable bonds is 16. The van der Waals surface area contributed by atoms with Crippen LogP contribution in [-0.4, -0.2) is 77.0 Å². The number of carbonyl (C=O) groups is 4. The first-order valence-electron chi connectivity index (χ1n) is 28.3. The summed E-state index contributed by atoms with van der Waals surface area (Å²) in [5.74, 6) is 6.65. The van der Waals surface area contributed by atoms with E-state index in [1.165, 1.54) is 64.2 Å². The molecule has 8 fully saturated rings. The third-order valence-corrected chi connectivity index (χ3v) is 22.0. The molecule has 0 saturated heterocycles. The molecule has 0 aliphatic heterocycles. The molecule has 0 spiro atoms. The van der Waals surface area contributed by atoms with Crippen molar-refractivity contribution in [3.05, 3.63) is 0 Å². The van der Waals surface area contributed by atoms with Crippen LogP contribution in [0.15, 0.2) is 0 Å². The number of amides is 2. The molecule has 7 N–H and O–H groups in total. The highest BCUT2D eigenvalue weighted by Crippen LogP contribution is 2.70. The van der Waals surface area contributed by atoms with Crippen LogP contribution < -0.4 is 16.4 Å². The molecule has 390 valence electrons. The van der Waals surface area contributed by atoms with Crippen molar-refractivity contribution in [1.82, 2.24) is 10.6 Å². The molecule has 0 aromatic rings. The van der Waals surface area contributed by atoms with Gasteiger partial charge >= 0.3 is 5.97 Å². The van der Waals surface area contributed by atoms with Crippen LogP contribution in [0.5, 0.6) is 0 Å². The molecular formula is C57H99N3O8. The molecule has 8 aliphatic rings. The molecule has 11 nitrogen and oxygen atoms in total. The minimum Gasteiger partial charge on any atom is -0.483 e. The topological polar surface area (TPSA) is 188 Å². The van der Waals surface area contributed by atoms with Crippen LogP contribution in [0.4, 0.5) is 0 Å². The van der Waals surface area contributed by atoms with E-state index in [0.29, 0.717) is 84.5 Å². The average molecular weight is 954 g/mol. The Morgan fingerprint density at radius 1 is 0.735 bits per heavy atom. The Kier molecular flexibility index (Phi) is 19.1. The number of carboxylic acid groups (broad SMARTS) is 1. The van der Waals surface area contributed by atoms with Crippen LogP contribution in [0.25, 0.3) is 0 Å². The van der Waals surface area contributed by atoms with E-state index in [-0.39, 0.29) is 59.2 Å². The molecule has 8 aliphatic carbocycles. The van der Waals surface area contributed by atoms with Gasteiger partial charge in [0.25, 0.3) is 6.47 Å². The first-order chi connectivity index (χ1) is 32.5. The zero-order valence-electron chi connectivity index (χ0n) is 44.1. The standard InChI is InChI=1S/C54H91N3O6.C2H6.CH2O2/c1-33(12-9-10-29-63-49(62)22-17-34(2)40-18-19-42-50-39(24-27-52(40,42)4)38-14-8-7-13-35(38)30-43(50)58)41-20-21-44-53(41,5)28-25-45-51(3)26-23-37(57-48(61)16-11-15-47(55)60)31-36(51)32-46(59)54(44,45)56-6;1-2;2-1-3/h33-46,50,56,58-59H,7-32H2,1-6H3,(H2,55,60)(H,57,61);1-2H3;1H,(H,2,3)/t33?,34?,35?,36?,37-,38?,39?,40?,41?,42?,43?,44?,45?,46?,50?,51-,52?,53?,54?;;/m1../s1. The van der Waals surface area contributed by atoms with Crippen LogP contribution in [0.1, 0.15) is 209 Å². The van der Waals surface area contributed by atoms with Gasteiger partial charge in [0.15, 0.2) is 0 Å². The summed E-state index contributed by atoms with van der Waals surface area (Å²) in [6, 6.07) is 0.122. The zero-order valence-corrected chi connectivity index (χ0v) is 44.1.